The van der Waals surface area contributed by atoms with Crippen LogP contribution >= 0.6 is 0 Å². The van der Waals surface area contributed by atoms with Gasteiger partial charge < -0.3 is 5.73 Å². The SMILES string of the molecule is CC(N)=CC(=Nc1ccccc1)c1nn(-c2cccc(C(F)(F)F)c2)ccc1=O. The van der Waals surface area contributed by atoms with Crippen LogP contribution in [0.1, 0.15) is 18.2 Å². The molecular weight excluding hydrogens is 381 g/mol. The van der Waals surface area contributed by atoms with Gasteiger partial charge in [0.05, 0.1) is 22.6 Å². The molecule has 0 saturated heterocycles. The van der Waals surface area contributed by atoms with Crippen molar-refractivity contribution >= 4 is 11.4 Å². The van der Waals surface area contributed by atoms with E-state index >= 15 is 0 Å². The topological polar surface area (TPSA) is 73.3 Å². The summed E-state index contributed by atoms with van der Waals surface area (Å²) >= 11 is 0. The lowest BCUT2D eigenvalue weighted by Crippen LogP contribution is -2.21. The molecule has 0 aliphatic heterocycles. The van der Waals surface area contributed by atoms with Gasteiger partial charge in [0.1, 0.15) is 0 Å². The Kier molecular flexibility index (Phi) is 5.63. The Morgan fingerprint density at radius 2 is 1.83 bits per heavy atom. The molecule has 0 unspecified atom stereocenters. The van der Waals surface area contributed by atoms with Gasteiger partial charge in [-0.05, 0) is 43.3 Å². The third kappa shape index (κ3) is 4.98. The molecule has 0 amide bonds. The molecule has 0 saturated carbocycles. The maximum absolute atomic E-state index is 13.0. The number of aliphatic imine (C=N–C) groups is 1. The molecule has 0 aliphatic rings. The van der Waals surface area contributed by atoms with Crippen molar-refractivity contribution in [2.24, 2.45) is 10.7 Å². The predicted molar refractivity (Wildman–Crippen MR) is 105 cm³/mol. The van der Waals surface area contributed by atoms with E-state index in [-0.39, 0.29) is 17.1 Å². The van der Waals surface area contributed by atoms with Crippen LogP contribution in [0.2, 0.25) is 0 Å². The molecule has 3 rings (SSSR count). The molecule has 0 atom stereocenters. The first-order chi connectivity index (χ1) is 13.7. The van der Waals surface area contributed by atoms with Crippen molar-refractivity contribution in [2.45, 2.75) is 13.1 Å². The quantitative estimate of drug-likeness (QED) is 0.669. The van der Waals surface area contributed by atoms with Crippen LogP contribution < -0.4 is 11.2 Å². The van der Waals surface area contributed by atoms with Crippen molar-refractivity contribution in [3.63, 3.8) is 0 Å². The maximum atomic E-state index is 13.0. The Morgan fingerprint density at radius 3 is 2.48 bits per heavy atom. The molecule has 0 fully saturated rings. The van der Waals surface area contributed by atoms with Crippen LogP contribution in [0.4, 0.5) is 18.9 Å². The Labute approximate surface area is 164 Å². The van der Waals surface area contributed by atoms with Crippen LogP contribution in [0.25, 0.3) is 5.69 Å². The van der Waals surface area contributed by atoms with Crippen molar-refractivity contribution in [1.82, 2.24) is 9.78 Å². The molecule has 148 valence electrons. The van der Waals surface area contributed by atoms with Crippen LogP contribution in [0.3, 0.4) is 0 Å². The Balaban J connectivity index is 2.14. The first kappa shape index (κ1) is 20.1. The number of halogens is 3. The lowest BCUT2D eigenvalue weighted by atomic mass is 10.2. The molecule has 0 aliphatic carbocycles. The molecule has 5 nitrogen and oxygen atoms in total. The van der Waals surface area contributed by atoms with Crippen molar-refractivity contribution in [1.29, 1.82) is 0 Å². The molecule has 1 heterocycles. The average Bonchev–Trinajstić information content (AvgIpc) is 2.68. The van der Waals surface area contributed by atoms with Crippen molar-refractivity contribution in [3.8, 4) is 5.69 Å². The largest absolute Gasteiger partial charge is 0.416 e. The van der Waals surface area contributed by atoms with E-state index in [4.69, 9.17) is 5.73 Å². The number of aromatic nitrogens is 2. The van der Waals surface area contributed by atoms with Crippen LogP contribution in [0.15, 0.2) is 88.4 Å². The fourth-order valence-electron chi connectivity index (χ4n) is 2.56. The summed E-state index contributed by atoms with van der Waals surface area (Å²) in [6.45, 7) is 1.63. The normalized spacial score (nSPS) is 12.8. The minimum Gasteiger partial charge on any atom is -0.402 e. The van der Waals surface area contributed by atoms with Gasteiger partial charge >= 0.3 is 6.18 Å². The number of hydrogen-bond donors (Lipinski definition) is 1. The zero-order valence-corrected chi connectivity index (χ0v) is 15.4. The molecule has 1 aromatic heterocycles. The standard InChI is InChI=1S/C21H17F3N4O/c1-14(25)12-18(26-16-7-3-2-4-8-16)20-19(29)10-11-28(27-20)17-9-5-6-15(13-17)21(22,23)24/h2-13H,25H2,1H3. The summed E-state index contributed by atoms with van der Waals surface area (Å²) in [7, 11) is 0. The highest BCUT2D eigenvalue weighted by Crippen LogP contribution is 2.30. The smallest absolute Gasteiger partial charge is 0.402 e. The third-order valence-electron chi connectivity index (χ3n) is 3.86. The highest BCUT2D eigenvalue weighted by molar-refractivity contribution is 6.08. The second kappa shape index (κ2) is 8.14. The summed E-state index contributed by atoms with van der Waals surface area (Å²) in [5, 5.41) is 4.22. The van der Waals surface area contributed by atoms with Gasteiger partial charge in [-0.2, -0.15) is 18.3 Å². The average molecular weight is 398 g/mol. The van der Waals surface area contributed by atoms with E-state index in [1.54, 1.807) is 31.2 Å². The van der Waals surface area contributed by atoms with E-state index in [2.05, 4.69) is 10.1 Å². The lowest BCUT2D eigenvalue weighted by molar-refractivity contribution is -0.137. The molecule has 2 aromatic carbocycles. The molecule has 2 N–H and O–H groups in total. The summed E-state index contributed by atoms with van der Waals surface area (Å²) in [4.78, 5) is 16.9. The van der Waals surface area contributed by atoms with Crippen LogP contribution in [-0.4, -0.2) is 15.5 Å². The van der Waals surface area contributed by atoms with Gasteiger partial charge in [0, 0.05) is 18.0 Å². The van der Waals surface area contributed by atoms with Crippen molar-refractivity contribution in [2.75, 3.05) is 0 Å². The maximum Gasteiger partial charge on any atom is 0.416 e. The number of rotatable bonds is 4. The van der Waals surface area contributed by atoms with Crippen LogP contribution in [0, 0.1) is 0 Å². The fraction of sp³-hybridized carbons (Fsp3) is 0.0952. The molecule has 29 heavy (non-hydrogen) atoms. The van der Waals surface area contributed by atoms with E-state index < -0.39 is 17.2 Å². The number of nitrogens with two attached hydrogens (primary N) is 1. The van der Waals surface area contributed by atoms with E-state index in [1.807, 2.05) is 6.07 Å². The Morgan fingerprint density at radius 1 is 1.10 bits per heavy atom. The van der Waals surface area contributed by atoms with Crippen LogP contribution in [0.5, 0.6) is 0 Å². The molecule has 0 spiro atoms. The number of nitrogens with zero attached hydrogens (tertiary/aromatic N) is 3. The lowest BCUT2D eigenvalue weighted by Gasteiger charge is -2.11. The summed E-state index contributed by atoms with van der Waals surface area (Å²) in [5.41, 5.74) is 5.85. The van der Waals surface area contributed by atoms with Gasteiger partial charge in [-0.3, -0.25) is 4.79 Å². The third-order valence-corrected chi connectivity index (χ3v) is 3.86. The molecular formula is C21H17F3N4O. The van der Waals surface area contributed by atoms with E-state index in [1.165, 1.54) is 35.2 Å². The highest BCUT2D eigenvalue weighted by atomic mass is 19.4. The summed E-state index contributed by atoms with van der Waals surface area (Å²) in [6, 6.07) is 14.8. The van der Waals surface area contributed by atoms with Gasteiger partial charge in [-0.1, -0.05) is 24.3 Å². The zero-order chi connectivity index (χ0) is 21.0. The van der Waals surface area contributed by atoms with Gasteiger partial charge in [0.15, 0.2) is 5.69 Å². The first-order valence-corrected chi connectivity index (χ1v) is 8.59. The number of alkyl halides is 3. The van der Waals surface area contributed by atoms with Gasteiger partial charge in [0.25, 0.3) is 0 Å². The minimum atomic E-state index is -4.49. The fourth-order valence-corrected chi connectivity index (χ4v) is 2.56. The number of allylic oxidation sites excluding steroid dienone is 2. The van der Waals surface area contributed by atoms with Crippen LogP contribution in [-0.2, 0) is 6.18 Å². The minimum absolute atomic E-state index is 0.0291. The summed E-state index contributed by atoms with van der Waals surface area (Å²) in [5.74, 6) is 0. The molecule has 8 heteroatoms. The monoisotopic (exact) mass is 398 g/mol. The zero-order valence-electron chi connectivity index (χ0n) is 15.4. The van der Waals surface area contributed by atoms with Gasteiger partial charge in [-0.25, -0.2) is 9.67 Å². The van der Waals surface area contributed by atoms with Crippen molar-refractivity contribution < 1.29 is 13.2 Å². The van der Waals surface area contributed by atoms with E-state index in [0.717, 1.165) is 12.1 Å². The predicted octanol–water partition coefficient (Wildman–Crippen LogP) is 4.23. The Bertz CT molecular complexity index is 1130. The number of para-hydroxylation sites is 1. The number of hydrogen-bond acceptors (Lipinski definition) is 4. The van der Waals surface area contributed by atoms with Crippen molar-refractivity contribution in [3.05, 3.63) is 100 Å². The Hall–Kier alpha value is -3.68. The van der Waals surface area contributed by atoms with Gasteiger partial charge in [-0.15, -0.1) is 0 Å². The highest BCUT2D eigenvalue weighted by Gasteiger charge is 2.30. The number of benzene rings is 2. The first-order valence-electron chi connectivity index (χ1n) is 8.59. The second-order valence-corrected chi connectivity index (χ2v) is 6.24. The van der Waals surface area contributed by atoms with Gasteiger partial charge in [0.2, 0.25) is 5.43 Å². The summed E-state index contributed by atoms with van der Waals surface area (Å²) in [6.07, 6.45) is -1.69. The second-order valence-electron chi connectivity index (χ2n) is 6.24. The van der Waals surface area contributed by atoms with E-state index in [9.17, 15) is 18.0 Å². The molecule has 0 radical (unpaired) electrons. The molecule has 3 aromatic rings. The van der Waals surface area contributed by atoms with E-state index in [0.29, 0.717) is 11.4 Å². The summed E-state index contributed by atoms with van der Waals surface area (Å²) < 4.78 is 40.3. The molecule has 0 bridgehead atoms.